The van der Waals surface area contributed by atoms with Crippen LogP contribution in [0.2, 0.25) is 0 Å². The zero-order chi connectivity index (χ0) is 21.8. The molecule has 0 saturated heterocycles. The summed E-state index contributed by atoms with van der Waals surface area (Å²) in [6.45, 7) is 2.16. The number of para-hydroxylation sites is 1. The average Bonchev–Trinajstić information content (AvgIpc) is 2.77. The van der Waals surface area contributed by atoms with Crippen LogP contribution in [0.1, 0.15) is 30.9 Å². The van der Waals surface area contributed by atoms with E-state index in [1.165, 1.54) is 11.6 Å². The van der Waals surface area contributed by atoms with Crippen LogP contribution in [0.3, 0.4) is 0 Å². The second-order valence-corrected chi connectivity index (χ2v) is 7.54. The molecule has 0 aliphatic rings. The molecule has 0 fully saturated rings. The summed E-state index contributed by atoms with van der Waals surface area (Å²) in [6, 6.07) is 23.0. The third-order valence-corrected chi connectivity index (χ3v) is 5.28. The number of unbranched alkanes of at least 4 members (excludes halogenated alkanes) is 1. The number of nitrogens with zero attached hydrogens (tertiary/aromatic N) is 1. The van der Waals surface area contributed by atoms with E-state index in [0.29, 0.717) is 5.69 Å². The smallest absolute Gasteiger partial charge is 0.355 e. The fourth-order valence-corrected chi connectivity index (χ4v) is 3.70. The second-order valence-electron chi connectivity index (χ2n) is 7.54. The SMILES string of the molecule is CCCCc1ccccc1-c1cc(Nc2cccc(C(F)(F)F)c2)c2ccccc2n1. The van der Waals surface area contributed by atoms with Gasteiger partial charge in [-0.05, 0) is 48.7 Å². The maximum absolute atomic E-state index is 13.2. The molecule has 0 aliphatic heterocycles. The van der Waals surface area contributed by atoms with Crippen molar-refractivity contribution in [1.82, 2.24) is 4.98 Å². The quantitative estimate of drug-likeness (QED) is 0.342. The van der Waals surface area contributed by atoms with Crippen LogP contribution in [-0.4, -0.2) is 4.98 Å². The predicted molar refractivity (Wildman–Crippen MR) is 121 cm³/mol. The first-order valence-electron chi connectivity index (χ1n) is 10.4. The highest BCUT2D eigenvalue weighted by Crippen LogP contribution is 2.34. The third-order valence-electron chi connectivity index (χ3n) is 5.28. The highest BCUT2D eigenvalue weighted by Gasteiger charge is 2.30. The minimum atomic E-state index is -4.39. The molecule has 31 heavy (non-hydrogen) atoms. The van der Waals surface area contributed by atoms with E-state index in [9.17, 15) is 13.2 Å². The highest BCUT2D eigenvalue weighted by molar-refractivity contribution is 5.95. The Kier molecular flexibility index (Phi) is 5.94. The number of hydrogen-bond acceptors (Lipinski definition) is 2. The molecule has 0 amide bonds. The van der Waals surface area contributed by atoms with Crippen molar-refractivity contribution in [1.29, 1.82) is 0 Å². The van der Waals surface area contributed by atoms with Gasteiger partial charge in [-0.3, -0.25) is 0 Å². The lowest BCUT2D eigenvalue weighted by atomic mass is 9.98. The molecule has 0 radical (unpaired) electrons. The van der Waals surface area contributed by atoms with E-state index in [1.807, 2.05) is 42.5 Å². The maximum Gasteiger partial charge on any atom is 0.416 e. The van der Waals surface area contributed by atoms with E-state index in [0.717, 1.165) is 59.2 Å². The Hall–Kier alpha value is -3.34. The Labute approximate surface area is 179 Å². The van der Waals surface area contributed by atoms with Gasteiger partial charge >= 0.3 is 6.18 Å². The minimum Gasteiger partial charge on any atom is -0.355 e. The lowest BCUT2D eigenvalue weighted by Gasteiger charge is -2.15. The summed E-state index contributed by atoms with van der Waals surface area (Å²) in [5.74, 6) is 0. The number of anilines is 2. The van der Waals surface area contributed by atoms with Crippen molar-refractivity contribution in [3.63, 3.8) is 0 Å². The summed E-state index contributed by atoms with van der Waals surface area (Å²) in [7, 11) is 0. The molecule has 0 spiro atoms. The number of aromatic nitrogens is 1. The normalized spacial score (nSPS) is 11.6. The van der Waals surface area contributed by atoms with Crippen molar-refractivity contribution in [3.05, 3.63) is 90.0 Å². The number of nitrogens with one attached hydrogen (secondary N) is 1. The standard InChI is InChI=1S/C26H23F3N2/c1-2-3-9-18-10-4-5-13-21(18)24-17-25(22-14-6-7-15-23(22)31-24)30-20-12-8-11-19(16-20)26(27,28)29/h4-8,10-17H,2-3,9H2,1H3,(H,30,31). The number of pyridine rings is 1. The van der Waals surface area contributed by atoms with Crippen LogP contribution in [0.5, 0.6) is 0 Å². The van der Waals surface area contributed by atoms with E-state index >= 15 is 0 Å². The summed E-state index contributed by atoms with van der Waals surface area (Å²) in [5, 5.41) is 4.05. The first-order valence-corrected chi connectivity index (χ1v) is 10.4. The maximum atomic E-state index is 13.2. The highest BCUT2D eigenvalue weighted by atomic mass is 19.4. The number of fused-ring (bicyclic) bond motifs is 1. The van der Waals surface area contributed by atoms with E-state index in [1.54, 1.807) is 6.07 Å². The monoisotopic (exact) mass is 420 g/mol. The van der Waals surface area contributed by atoms with Crippen molar-refractivity contribution in [2.24, 2.45) is 0 Å². The van der Waals surface area contributed by atoms with Crippen molar-refractivity contribution in [2.45, 2.75) is 32.4 Å². The van der Waals surface area contributed by atoms with Crippen molar-refractivity contribution >= 4 is 22.3 Å². The summed E-state index contributed by atoms with van der Waals surface area (Å²) in [5.41, 5.74) is 4.30. The molecule has 0 bridgehead atoms. The Balaban J connectivity index is 1.80. The van der Waals surface area contributed by atoms with Crippen LogP contribution in [0.15, 0.2) is 78.9 Å². The second kappa shape index (κ2) is 8.80. The largest absolute Gasteiger partial charge is 0.416 e. The van der Waals surface area contributed by atoms with Gasteiger partial charge in [0.2, 0.25) is 0 Å². The minimum absolute atomic E-state index is 0.386. The van der Waals surface area contributed by atoms with Gasteiger partial charge in [0, 0.05) is 16.6 Å². The van der Waals surface area contributed by atoms with E-state index in [2.05, 4.69) is 24.4 Å². The van der Waals surface area contributed by atoms with Crippen LogP contribution < -0.4 is 5.32 Å². The van der Waals surface area contributed by atoms with E-state index in [-0.39, 0.29) is 0 Å². The molecule has 0 unspecified atom stereocenters. The fraction of sp³-hybridized carbons (Fsp3) is 0.192. The number of halogens is 3. The zero-order valence-electron chi connectivity index (χ0n) is 17.2. The summed E-state index contributed by atoms with van der Waals surface area (Å²) in [6.07, 6.45) is -1.25. The first-order chi connectivity index (χ1) is 15.0. The van der Waals surface area contributed by atoms with Gasteiger partial charge < -0.3 is 5.32 Å². The zero-order valence-corrected chi connectivity index (χ0v) is 17.2. The van der Waals surface area contributed by atoms with Gasteiger partial charge in [-0.15, -0.1) is 0 Å². The molecule has 0 aliphatic carbocycles. The van der Waals surface area contributed by atoms with Gasteiger partial charge in [0.05, 0.1) is 22.5 Å². The van der Waals surface area contributed by atoms with Gasteiger partial charge in [0.1, 0.15) is 0 Å². The molecule has 0 saturated carbocycles. The molecule has 5 heteroatoms. The van der Waals surface area contributed by atoms with Crippen LogP contribution in [0.25, 0.3) is 22.2 Å². The molecule has 2 nitrogen and oxygen atoms in total. The van der Waals surface area contributed by atoms with Crippen LogP contribution in [0, 0.1) is 0 Å². The molecular formula is C26H23F3N2. The van der Waals surface area contributed by atoms with Gasteiger partial charge in [0.15, 0.2) is 0 Å². The molecule has 1 aromatic heterocycles. The van der Waals surface area contributed by atoms with E-state index in [4.69, 9.17) is 4.98 Å². The molecule has 3 aromatic carbocycles. The van der Waals surface area contributed by atoms with Crippen molar-refractivity contribution < 1.29 is 13.2 Å². The third kappa shape index (κ3) is 4.71. The van der Waals surface area contributed by atoms with Crippen molar-refractivity contribution in [3.8, 4) is 11.3 Å². The Bertz CT molecular complexity index is 1200. The number of rotatable bonds is 6. The number of benzene rings is 3. The number of hydrogen-bond donors (Lipinski definition) is 1. The molecule has 4 rings (SSSR count). The van der Waals surface area contributed by atoms with Gasteiger partial charge in [-0.2, -0.15) is 13.2 Å². The Morgan fingerprint density at radius 3 is 2.45 bits per heavy atom. The first kappa shape index (κ1) is 20.9. The molecular weight excluding hydrogens is 397 g/mol. The van der Waals surface area contributed by atoms with Gasteiger partial charge in [-0.25, -0.2) is 4.98 Å². The molecule has 1 heterocycles. The molecule has 4 aromatic rings. The Morgan fingerprint density at radius 1 is 0.871 bits per heavy atom. The Morgan fingerprint density at radius 2 is 1.65 bits per heavy atom. The van der Waals surface area contributed by atoms with Crippen LogP contribution in [-0.2, 0) is 12.6 Å². The fourth-order valence-electron chi connectivity index (χ4n) is 3.70. The molecule has 1 N–H and O–H groups in total. The van der Waals surface area contributed by atoms with Crippen LogP contribution >= 0.6 is 0 Å². The lowest BCUT2D eigenvalue weighted by Crippen LogP contribution is -2.05. The topological polar surface area (TPSA) is 24.9 Å². The van der Waals surface area contributed by atoms with E-state index < -0.39 is 11.7 Å². The predicted octanol–water partition coefficient (Wildman–Crippen LogP) is 8.01. The molecule has 0 atom stereocenters. The summed E-state index contributed by atoms with van der Waals surface area (Å²) < 4.78 is 39.5. The lowest BCUT2D eigenvalue weighted by molar-refractivity contribution is -0.137. The van der Waals surface area contributed by atoms with Crippen LogP contribution in [0.4, 0.5) is 24.5 Å². The average molecular weight is 420 g/mol. The number of alkyl halides is 3. The summed E-state index contributed by atoms with van der Waals surface area (Å²) in [4.78, 5) is 4.85. The number of aryl methyl sites for hydroxylation is 1. The van der Waals surface area contributed by atoms with Crippen molar-refractivity contribution in [2.75, 3.05) is 5.32 Å². The molecule has 158 valence electrons. The van der Waals surface area contributed by atoms with Gasteiger partial charge in [-0.1, -0.05) is 61.9 Å². The summed E-state index contributed by atoms with van der Waals surface area (Å²) >= 11 is 0. The van der Waals surface area contributed by atoms with Gasteiger partial charge in [0.25, 0.3) is 0 Å².